The summed E-state index contributed by atoms with van der Waals surface area (Å²) in [5.74, 6) is 1.81. The molecule has 0 spiro atoms. The van der Waals surface area contributed by atoms with Crippen LogP contribution in [0.15, 0.2) is 0 Å². The first-order chi connectivity index (χ1) is 16.6. The SMILES string of the molecule is CCCCCCCCCC[PH](CCCCCCCCCCCC[Si](C)(C)C)(CC(C)C)CC(C)C. The first kappa shape index (κ1) is 35.6. The molecule has 0 amide bonds. The average Bonchev–Trinajstić information content (AvgIpc) is 2.74. The summed E-state index contributed by atoms with van der Waals surface area (Å²) in [4.78, 5) is 0. The molecule has 2 heteroatoms. The molecule has 0 nitrogen and oxygen atoms in total. The van der Waals surface area contributed by atoms with E-state index in [0.717, 1.165) is 11.8 Å². The molecule has 0 aromatic rings. The van der Waals surface area contributed by atoms with Crippen molar-refractivity contribution in [2.75, 3.05) is 24.6 Å². The maximum atomic E-state index is 2.52. The van der Waals surface area contributed by atoms with Crippen molar-refractivity contribution in [3.63, 3.8) is 0 Å². The Bertz CT molecular complexity index is 427. The van der Waals surface area contributed by atoms with E-state index in [1.165, 1.54) is 115 Å². The molecule has 35 heavy (non-hydrogen) atoms. The molecule has 0 aliphatic rings. The van der Waals surface area contributed by atoms with Gasteiger partial charge in [-0.25, -0.2) is 0 Å². The van der Waals surface area contributed by atoms with Crippen LogP contribution in [-0.2, 0) is 0 Å². The average molecular weight is 529 g/mol. The van der Waals surface area contributed by atoms with Crippen LogP contribution in [0.2, 0.25) is 25.7 Å². The van der Waals surface area contributed by atoms with Gasteiger partial charge in [0.15, 0.2) is 0 Å². The van der Waals surface area contributed by atoms with E-state index in [0.29, 0.717) is 0 Å². The Hall–Kier alpha value is 0.647. The minimum absolute atomic E-state index is 0.798. The number of hydrogen-bond donors (Lipinski definition) is 0. The molecule has 0 rings (SSSR count). The van der Waals surface area contributed by atoms with Gasteiger partial charge in [0.25, 0.3) is 0 Å². The summed E-state index contributed by atoms with van der Waals surface area (Å²) in [7, 11) is -1.91. The van der Waals surface area contributed by atoms with Gasteiger partial charge in [-0.15, -0.1) is 0 Å². The summed E-state index contributed by atoms with van der Waals surface area (Å²) < 4.78 is 0. The van der Waals surface area contributed by atoms with Gasteiger partial charge in [-0.1, -0.05) is 19.6 Å². The minimum atomic E-state index is -1.11. The fourth-order valence-corrected chi connectivity index (χ4v) is 14.6. The Morgan fingerprint density at radius 3 is 1.09 bits per heavy atom. The zero-order valence-electron chi connectivity index (χ0n) is 26.4. The van der Waals surface area contributed by atoms with E-state index in [1.807, 2.05) is 0 Å². The van der Waals surface area contributed by atoms with Crippen molar-refractivity contribution >= 4 is 15.3 Å². The zero-order chi connectivity index (χ0) is 26.4. The number of rotatable bonds is 26. The predicted octanol–water partition coefficient (Wildman–Crippen LogP) is 12.4. The summed E-state index contributed by atoms with van der Waals surface area (Å²) in [6.45, 7) is 19.9. The molecule has 0 N–H and O–H groups in total. The fourth-order valence-electron chi connectivity index (χ4n) is 6.55. The van der Waals surface area contributed by atoms with Crippen LogP contribution >= 0.6 is 7.26 Å². The van der Waals surface area contributed by atoms with Crippen LogP contribution < -0.4 is 0 Å². The molecule has 0 unspecified atom stereocenters. The molecule has 0 bridgehead atoms. The van der Waals surface area contributed by atoms with E-state index in [-0.39, 0.29) is 0 Å². The van der Waals surface area contributed by atoms with Crippen LogP contribution in [-0.4, -0.2) is 32.7 Å². The van der Waals surface area contributed by atoms with Crippen molar-refractivity contribution in [1.82, 2.24) is 0 Å². The van der Waals surface area contributed by atoms with Gasteiger partial charge in [-0.2, -0.15) is 0 Å². The van der Waals surface area contributed by atoms with E-state index in [9.17, 15) is 0 Å². The van der Waals surface area contributed by atoms with E-state index in [1.54, 1.807) is 31.1 Å². The van der Waals surface area contributed by atoms with E-state index in [2.05, 4.69) is 54.3 Å². The van der Waals surface area contributed by atoms with E-state index >= 15 is 0 Å². The van der Waals surface area contributed by atoms with Crippen LogP contribution in [0.3, 0.4) is 0 Å². The molecule has 0 aromatic carbocycles. The number of unbranched alkanes of at least 4 members (excludes halogenated alkanes) is 16. The van der Waals surface area contributed by atoms with Gasteiger partial charge in [-0.3, -0.25) is 0 Å². The summed E-state index contributed by atoms with van der Waals surface area (Å²) in [6.07, 6.45) is 33.2. The monoisotopic (exact) mass is 529 g/mol. The molecule has 0 atom stereocenters. The summed E-state index contributed by atoms with van der Waals surface area (Å²) in [6, 6.07) is 1.53. The summed E-state index contributed by atoms with van der Waals surface area (Å²) in [5, 5.41) is 0. The first-order valence-corrected chi connectivity index (χ1v) is 23.1. The number of hydrogen-bond acceptors (Lipinski definition) is 0. The van der Waals surface area contributed by atoms with Crippen LogP contribution in [0, 0.1) is 11.8 Å². The molecule has 0 aliphatic carbocycles. The van der Waals surface area contributed by atoms with Crippen LogP contribution in [0.5, 0.6) is 0 Å². The van der Waals surface area contributed by atoms with Crippen molar-refractivity contribution in [3.05, 3.63) is 0 Å². The van der Waals surface area contributed by atoms with Gasteiger partial charge in [-0.05, 0) is 0 Å². The normalized spacial score (nSPS) is 13.3. The van der Waals surface area contributed by atoms with Crippen molar-refractivity contribution in [2.45, 2.75) is 176 Å². The fraction of sp³-hybridized carbons (Fsp3) is 1.00. The Kier molecular flexibility index (Phi) is 23.0. The summed E-state index contributed by atoms with van der Waals surface area (Å²) in [5.41, 5.74) is 0. The van der Waals surface area contributed by atoms with Crippen molar-refractivity contribution in [3.8, 4) is 0 Å². The third-order valence-electron chi connectivity index (χ3n) is 8.13. The first-order valence-electron chi connectivity index (χ1n) is 16.6. The third kappa shape index (κ3) is 24.7. The van der Waals surface area contributed by atoms with Crippen molar-refractivity contribution in [2.24, 2.45) is 11.8 Å². The van der Waals surface area contributed by atoms with Crippen LogP contribution in [0.4, 0.5) is 0 Å². The zero-order valence-corrected chi connectivity index (χ0v) is 28.4. The quantitative estimate of drug-likeness (QED) is 0.0594. The molecular formula is C33H73PSi. The van der Waals surface area contributed by atoms with Gasteiger partial charge in [0.05, 0.1) is 0 Å². The topological polar surface area (TPSA) is 0 Å². The van der Waals surface area contributed by atoms with Crippen molar-refractivity contribution < 1.29 is 0 Å². The maximum absolute atomic E-state index is 2.52. The second-order valence-corrected chi connectivity index (χ2v) is 25.0. The Labute approximate surface area is 227 Å². The molecule has 214 valence electrons. The second-order valence-electron chi connectivity index (χ2n) is 14.5. The van der Waals surface area contributed by atoms with Crippen molar-refractivity contribution in [1.29, 1.82) is 0 Å². The molecule has 0 aromatic heterocycles. The molecule has 0 saturated heterocycles. The Balaban J connectivity index is 4.15. The van der Waals surface area contributed by atoms with Gasteiger partial charge < -0.3 is 0 Å². The van der Waals surface area contributed by atoms with Crippen LogP contribution in [0.1, 0.15) is 150 Å². The molecule has 0 radical (unpaired) electrons. The molecular weight excluding hydrogens is 455 g/mol. The Morgan fingerprint density at radius 1 is 0.457 bits per heavy atom. The standard InChI is InChI=1S/C33H73PSi/c1-9-10-11-12-13-18-21-24-27-34(30-32(2)3,31-33(4)5)28-25-22-19-16-14-15-17-20-23-26-29-35(6,7)8/h32-34H,9-31H2,1-8H3. The van der Waals surface area contributed by atoms with Gasteiger partial charge in [0.2, 0.25) is 0 Å². The second kappa shape index (κ2) is 22.6. The van der Waals surface area contributed by atoms with Crippen LogP contribution in [0.25, 0.3) is 0 Å². The van der Waals surface area contributed by atoms with Gasteiger partial charge in [0.1, 0.15) is 0 Å². The summed E-state index contributed by atoms with van der Waals surface area (Å²) >= 11 is 0. The molecule has 0 aliphatic heterocycles. The Morgan fingerprint density at radius 2 is 0.771 bits per heavy atom. The van der Waals surface area contributed by atoms with E-state index in [4.69, 9.17) is 0 Å². The molecule has 0 saturated carbocycles. The third-order valence-corrected chi connectivity index (χ3v) is 16.2. The van der Waals surface area contributed by atoms with E-state index < -0.39 is 15.3 Å². The van der Waals surface area contributed by atoms with Gasteiger partial charge >= 0.3 is 200 Å². The predicted molar refractivity (Wildman–Crippen MR) is 174 cm³/mol. The molecule has 0 fully saturated rings. The molecule has 0 heterocycles. The van der Waals surface area contributed by atoms with Gasteiger partial charge in [0, 0.05) is 8.07 Å².